The minimum absolute atomic E-state index is 0.168. The van der Waals surface area contributed by atoms with Gasteiger partial charge in [0.1, 0.15) is 6.61 Å². The van der Waals surface area contributed by atoms with Gasteiger partial charge in [0.15, 0.2) is 11.5 Å². The lowest BCUT2D eigenvalue weighted by Gasteiger charge is -2.12. The Morgan fingerprint density at radius 3 is 2.53 bits per heavy atom. The molecule has 1 N–H and O–H groups in total. The predicted molar refractivity (Wildman–Crippen MR) is 71.3 cm³/mol. The Balaban J connectivity index is 2.17. The number of phenols is 1. The summed E-state index contributed by atoms with van der Waals surface area (Å²) >= 11 is 3.42. The van der Waals surface area contributed by atoms with Gasteiger partial charge in [-0.15, -0.1) is 0 Å². The Morgan fingerprint density at radius 1 is 1.12 bits per heavy atom. The Labute approximate surface area is 109 Å². The molecule has 0 amide bonds. The third-order valence-corrected chi connectivity index (χ3v) is 3.40. The molecule has 0 radical (unpaired) electrons. The lowest BCUT2D eigenvalue weighted by Crippen LogP contribution is -1.97. The molecule has 0 atom stereocenters. The average molecular weight is 293 g/mol. The van der Waals surface area contributed by atoms with Crippen LogP contribution in [0.5, 0.6) is 11.5 Å². The fourth-order valence-corrected chi connectivity index (χ4v) is 1.88. The van der Waals surface area contributed by atoms with Crippen LogP contribution >= 0.6 is 15.9 Å². The topological polar surface area (TPSA) is 29.5 Å². The molecule has 2 rings (SSSR count). The van der Waals surface area contributed by atoms with Crippen molar-refractivity contribution in [2.45, 2.75) is 13.5 Å². The zero-order chi connectivity index (χ0) is 12.3. The summed E-state index contributed by atoms with van der Waals surface area (Å²) in [4.78, 5) is 0. The summed E-state index contributed by atoms with van der Waals surface area (Å²) in [5, 5.41) is 9.75. The number of ether oxygens (including phenoxy) is 1. The number of halogens is 1. The molecule has 0 aliphatic carbocycles. The summed E-state index contributed by atoms with van der Waals surface area (Å²) in [5.74, 6) is 0.699. The van der Waals surface area contributed by atoms with E-state index in [9.17, 15) is 5.11 Å². The SMILES string of the molecule is Cc1c(Br)ccc(O)c1OCc1ccccc1. The molecule has 0 saturated carbocycles. The quantitative estimate of drug-likeness (QED) is 0.925. The van der Waals surface area contributed by atoms with Crippen molar-refractivity contribution in [2.75, 3.05) is 0 Å². The Hall–Kier alpha value is -1.48. The van der Waals surface area contributed by atoms with Crippen molar-refractivity contribution in [2.24, 2.45) is 0 Å². The van der Waals surface area contributed by atoms with Gasteiger partial charge < -0.3 is 9.84 Å². The largest absolute Gasteiger partial charge is 0.504 e. The van der Waals surface area contributed by atoms with Gasteiger partial charge >= 0.3 is 0 Å². The highest BCUT2D eigenvalue weighted by molar-refractivity contribution is 9.10. The zero-order valence-corrected chi connectivity index (χ0v) is 11.1. The monoisotopic (exact) mass is 292 g/mol. The van der Waals surface area contributed by atoms with E-state index < -0.39 is 0 Å². The van der Waals surface area contributed by atoms with Crippen molar-refractivity contribution in [3.05, 3.63) is 58.1 Å². The fraction of sp³-hybridized carbons (Fsp3) is 0.143. The third kappa shape index (κ3) is 2.80. The molecule has 3 heteroatoms. The van der Waals surface area contributed by atoms with Gasteiger partial charge in [0.2, 0.25) is 0 Å². The lowest BCUT2D eigenvalue weighted by atomic mass is 10.2. The second kappa shape index (κ2) is 5.23. The van der Waals surface area contributed by atoms with E-state index in [1.807, 2.05) is 37.3 Å². The first-order chi connectivity index (χ1) is 8.18. The number of hydrogen-bond acceptors (Lipinski definition) is 2. The highest BCUT2D eigenvalue weighted by Gasteiger charge is 2.09. The first kappa shape index (κ1) is 12.0. The van der Waals surface area contributed by atoms with E-state index in [1.165, 1.54) is 0 Å². The lowest BCUT2D eigenvalue weighted by molar-refractivity contribution is 0.286. The molecule has 88 valence electrons. The molecule has 0 unspecified atom stereocenters. The van der Waals surface area contributed by atoms with E-state index >= 15 is 0 Å². The van der Waals surface area contributed by atoms with Gasteiger partial charge in [-0.1, -0.05) is 46.3 Å². The molecule has 2 aromatic rings. The molecule has 0 aliphatic rings. The van der Waals surface area contributed by atoms with E-state index in [0.29, 0.717) is 12.4 Å². The van der Waals surface area contributed by atoms with Crippen LogP contribution in [0.2, 0.25) is 0 Å². The molecule has 0 aliphatic heterocycles. The van der Waals surface area contributed by atoms with Gasteiger partial charge in [0.25, 0.3) is 0 Å². The number of rotatable bonds is 3. The molecule has 2 aromatic carbocycles. The summed E-state index contributed by atoms with van der Waals surface area (Å²) < 4.78 is 6.58. The molecule has 0 spiro atoms. The summed E-state index contributed by atoms with van der Waals surface area (Å²) in [7, 11) is 0. The van der Waals surface area contributed by atoms with Gasteiger partial charge in [-0.2, -0.15) is 0 Å². The maximum atomic E-state index is 9.75. The molecule has 0 bridgehead atoms. The van der Waals surface area contributed by atoms with Crippen molar-refractivity contribution in [1.29, 1.82) is 0 Å². The Bertz CT molecular complexity index is 509. The summed E-state index contributed by atoms with van der Waals surface area (Å²) in [5.41, 5.74) is 1.98. The van der Waals surface area contributed by atoms with Crippen LogP contribution in [0.15, 0.2) is 46.9 Å². The van der Waals surface area contributed by atoms with Crippen LogP contribution < -0.4 is 4.74 Å². The van der Waals surface area contributed by atoms with Crippen LogP contribution in [0.25, 0.3) is 0 Å². The number of phenolic OH excluding ortho intramolecular Hbond substituents is 1. The van der Waals surface area contributed by atoms with E-state index in [4.69, 9.17) is 4.74 Å². The summed E-state index contributed by atoms with van der Waals surface area (Å²) in [6, 6.07) is 13.3. The number of benzene rings is 2. The minimum atomic E-state index is 0.168. The Morgan fingerprint density at radius 2 is 1.82 bits per heavy atom. The predicted octanol–water partition coefficient (Wildman–Crippen LogP) is 4.04. The van der Waals surface area contributed by atoms with Crippen LogP contribution in [-0.2, 0) is 6.61 Å². The van der Waals surface area contributed by atoms with Crippen molar-refractivity contribution in [3.8, 4) is 11.5 Å². The first-order valence-corrected chi connectivity index (χ1v) is 6.12. The van der Waals surface area contributed by atoms with Gasteiger partial charge in [-0.05, 0) is 24.6 Å². The molecular weight excluding hydrogens is 280 g/mol. The summed E-state index contributed by atoms with van der Waals surface area (Å²) in [6.45, 7) is 2.36. The van der Waals surface area contributed by atoms with Crippen LogP contribution in [0, 0.1) is 6.92 Å². The van der Waals surface area contributed by atoms with Gasteiger partial charge in [-0.3, -0.25) is 0 Å². The summed E-state index contributed by atoms with van der Waals surface area (Å²) in [6.07, 6.45) is 0. The van der Waals surface area contributed by atoms with E-state index in [1.54, 1.807) is 12.1 Å². The second-order valence-corrected chi connectivity index (χ2v) is 4.65. The van der Waals surface area contributed by atoms with Gasteiger partial charge in [0, 0.05) is 10.0 Å². The molecule has 17 heavy (non-hydrogen) atoms. The smallest absolute Gasteiger partial charge is 0.165 e. The van der Waals surface area contributed by atoms with Gasteiger partial charge in [0.05, 0.1) is 0 Å². The van der Waals surface area contributed by atoms with E-state index in [0.717, 1.165) is 15.6 Å². The van der Waals surface area contributed by atoms with Crippen molar-refractivity contribution < 1.29 is 9.84 Å². The maximum Gasteiger partial charge on any atom is 0.165 e. The molecule has 0 heterocycles. The molecule has 2 nitrogen and oxygen atoms in total. The van der Waals surface area contributed by atoms with Crippen molar-refractivity contribution >= 4 is 15.9 Å². The third-order valence-electron chi connectivity index (χ3n) is 2.55. The fourth-order valence-electron chi connectivity index (χ4n) is 1.57. The standard InChI is InChI=1S/C14H13BrO2/c1-10-12(15)7-8-13(16)14(10)17-9-11-5-3-2-4-6-11/h2-8,16H,9H2,1H3. The van der Waals surface area contributed by atoms with Crippen LogP contribution in [0.1, 0.15) is 11.1 Å². The minimum Gasteiger partial charge on any atom is -0.504 e. The van der Waals surface area contributed by atoms with Gasteiger partial charge in [-0.25, -0.2) is 0 Å². The Kier molecular flexibility index (Phi) is 3.69. The maximum absolute atomic E-state index is 9.75. The molecular formula is C14H13BrO2. The van der Waals surface area contributed by atoms with Crippen LogP contribution in [-0.4, -0.2) is 5.11 Å². The number of hydrogen-bond donors (Lipinski definition) is 1. The van der Waals surface area contributed by atoms with Crippen molar-refractivity contribution in [1.82, 2.24) is 0 Å². The normalized spacial score (nSPS) is 10.2. The number of aromatic hydroxyl groups is 1. The average Bonchev–Trinajstić information content (AvgIpc) is 2.35. The highest BCUT2D eigenvalue weighted by atomic mass is 79.9. The highest BCUT2D eigenvalue weighted by Crippen LogP contribution is 2.35. The molecule has 0 fully saturated rings. The van der Waals surface area contributed by atoms with E-state index in [-0.39, 0.29) is 5.75 Å². The van der Waals surface area contributed by atoms with Crippen molar-refractivity contribution in [3.63, 3.8) is 0 Å². The second-order valence-electron chi connectivity index (χ2n) is 3.79. The molecule has 0 saturated heterocycles. The zero-order valence-electron chi connectivity index (χ0n) is 9.48. The van der Waals surface area contributed by atoms with E-state index in [2.05, 4.69) is 15.9 Å². The first-order valence-electron chi connectivity index (χ1n) is 5.33. The molecule has 0 aromatic heterocycles. The van der Waals surface area contributed by atoms with Crippen LogP contribution in [0.3, 0.4) is 0 Å². The van der Waals surface area contributed by atoms with Crippen LogP contribution in [0.4, 0.5) is 0 Å².